The molecule has 1 amide bonds. The first-order valence-corrected chi connectivity index (χ1v) is 6.88. The van der Waals surface area contributed by atoms with Crippen LogP contribution in [0.2, 0.25) is 0 Å². The zero-order valence-electron chi connectivity index (χ0n) is 13.3. The molecule has 0 saturated carbocycles. The lowest BCUT2D eigenvalue weighted by molar-refractivity contribution is -0.138. The fourth-order valence-corrected chi connectivity index (χ4v) is 2.20. The Morgan fingerprint density at radius 3 is 2.26 bits per heavy atom. The largest absolute Gasteiger partial charge is 0.392 e. The van der Waals surface area contributed by atoms with Crippen molar-refractivity contribution in [3.8, 4) is 0 Å². The molecule has 1 N–H and O–H groups in total. The molecule has 1 aromatic rings. The molecule has 0 saturated heterocycles. The normalized spacial score (nSPS) is 18.1. The van der Waals surface area contributed by atoms with E-state index in [2.05, 4.69) is 0 Å². The quantitative estimate of drug-likeness (QED) is 0.858. The topological polar surface area (TPSA) is 40.5 Å². The van der Waals surface area contributed by atoms with E-state index in [-0.39, 0.29) is 11.8 Å². The van der Waals surface area contributed by atoms with Gasteiger partial charge in [0.2, 0.25) is 5.91 Å². The van der Waals surface area contributed by atoms with Gasteiger partial charge in [-0.3, -0.25) is 4.79 Å². The summed E-state index contributed by atoms with van der Waals surface area (Å²) in [6, 6.07) is 9.51. The Morgan fingerprint density at radius 1 is 1.26 bits per heavy atom. The Bertz CT molecular complexity index is 429. The molecule has 19 heavy (non-hydrogen) atoms. The maximum Gasteiger partial charge on any atom is 0.228 e. The van der Waals surface area contributed by atoms with E-state index < -0.39 is 12.0 Å². The highest BCUT2D eigenvalue weighted by Gasteiger charge is 2.29. The number of carbonyl (C=O) groups is 1. The molecule has 1 rings (SSSR count). The fourth-order valence-electron chi connectivity index (χ4n) is 2.20. The third-order valence-corrected chi connectivity index (χ3v) is 3.63. The van der Waals surface area contributed by atoms with E-state index in [9.17, 15) is 9.90 Å². The highest BCUT2D eigenvalue weighted by atomic mass is 16.3. The minimum atomic E-state index is -1.54. The van der Waals surface area contributed by atoms with Gasteiger partial charge in [0.25, 0.3) is 0 Å². The van der Waals surface area contributed by atoms with E-state index in [4.69, 9.17) is 1.37 Å². The maximum atomic E-state index is 12.4. The molecule has 0 aromatic heterocycles. The van der Waals surface area contributed by atoms with Gasteiger partial charge >= 0.3 is 0 Å². The predicted octanol–water partition coefficient (Wildman–Crippen LogP) is 2.66. The van der Waals surface area contributed by atoms with Gasteiger partial charge in [-0.05, 0) is 19.4 Å². The lowest BCUT2D eigenvalue weighted by atomic mass is 9.87. The number of aliphatic hydroxyl groups is 1. The van der Waals surface area contributed by atoms with Crippen LogP contribution in [0.3, 0.4) is 0 Å². The number of aliphatic hydroxyl groups excluding tert-OH is 1. The Hall–Kier alpha value is -1.35. The third kappa shape index (κ3) is 3.80. The number of hydrogen-bond acceptors (Lipinski definition) is 2. The van der Waals surface area contributed by atoms with Crippen LogP contribution in [-0.2, 0) is 4.79 Å². The Kier molecular flexibility index (Phi) is 5.40. The lowest BCUT2D eigenvalue weighted by Crippen LogP contribution is -2.41. The summed E-state index contributed by atoms with van der Waals surface area (Å²) >= 11 is 0. The van der Waals surface area contributed by atoms with Crippen LogP contribution in [0.15, 0.2) is 30.3 Å². The maximum absolute atomic E-state index is 12.4. The smallest absolute Gasteiger partial charge is 0.228 e. The van der Waals surface area contributed by atoms with Crippen molar-refractivity contribution in [3.05, 3.63) is 35.9 Å². The monoisotopic (exact) mass is 264 g/mol. The summed E-state index contributed by atoms with van der Waals surface area (Å²) in [5.74, 6) is -2.13. The Morgan fingerprint density at radius 2 is 1.79 bits per heavy atom. The third-order valence-electron chi connectivity index (χ3n) is 3.63. The number of hydrogen-bond donors (Lipinski definition) is 1. The summed E-state index contributed by atoms with van der Waals surface area (Å²) in [6.45, 7) is 8.21. The molecule has 0 aliphatic carbocycles. The second-order valence-corrected chi connectivity index (χ2v) is 4.80. The highest BCUT2D eigenvalue weighted by molar-refractivity contribution is 5.79. The van der Waals surface area contributed by atoms with Gasteiger partial charge in [0, 0.05) is 20.4 Å². The van der Waals surface area contributed by atoms with Crippen molar-refractivity contribution in [2.24, 2.45) is 5.89 Å². The number of rotatable bonds is 6. The number of amides is 1. The van der Waals surface area contributed by atoms with Gasteiger partial charge in [-0.2, -0.15) is 0 Å². The average molecular weight is 264 g/mol. The minimum Gasteiger partial charge on any atom is -0.392 e. The molecule has 0 spiro atoms. The van der Waals surface area contributed by atoms with Crippen molar-refractivity contribution in [1.82, 2.24) is 4.90 Å². The second-order valence-electron chi connectivity index (χ2n) is 4.80. The summed E-state index contributed by atoms with van der Waals surface area (Å²) in [4.78, 5) is 14.0. The van der Waals surface area contributed by atoms with E-state index in [0.29, 0.717) is 13.1 Å². The lowest BCUT2D eigenvalue weighted by Gasteiger charge is -2.29. The molecule has 3 atom stereocenters. The molecular formula is C16H25NO2. The van der Waals surface area contributed by atoms with E-state index in [0.717, 1.165) is 5.56 Å². The molecule has 106 valence electrons. The first kappa shape index (κ1) is 14.1. The van der Waals surface area contributed by atoms with Gasteiger partial charge in [0.1, 0.15) is 0 Å². The van der Waals surface area contributed by atoms with Crippen LogP contribution in [-0.4, -0.2) is 35.1 Å². The zero-order valence-corrected chi connectivity index (χ0v) is 12.3. The van der Waals surface area contributed by atoms with E-state index in [1.165, 1.54) is 6.92 Å². The average Bonchev–Trinajstić information content (AvgIpc) is 2.47. The van der Waals surface area contributed by atoms with E-state index >= 15 is 0 Å². The molecule has 3 unspecified atom stereocenters. The molecule has 0 aliphatic rings. The van der Waals surface area contributed by atoms with Crippen LogP contribution in [0, 0.1) is 5.89 Å². The van der Waals surface area contributed by atoms with Crippen molar-refractivity contribution in [1.29, 1.82) is 0 Å². The summed E-state index contributed by atoms with van der Waals surface area (Å²) < 4.78 is 8.31. The summed E-state index contributed by atoms with van der Waals surface area (Å²) in [7, 11) is 0. The van der Waals surface area contributed by atoms with Crippen LogP contribution < -0.4 is 0 Å². The molecule has 0 aliphatic heterocycles. The number of carbonyl (C=O) groups excluding carboxylic acids is 1. The van der Waals surface area contributed by atoms with E-state index in [1.807, 2.05) is 51.1 Å². The SMILES string of the molecule is [2H]C(C)(C(=O)N(CC)CC)C(O)C(C)c1ccccc1. The number of benzene rings is 1. The van der Waals surface area contributed by atoms with Crippen molar-refractivity contribution in [2.45, 2.75) is 39.7 Å². The molecule has 3 heteroatoms. The van der Waals surface area contributed by atoms with Crippen LogP contribution in [0.25, 0.3) is 0 Å². The Labute approximate surface area is 117 Å². The van der Waals surface area contributed by atoms with Gasteiger partial charge in [-0.15, -0.1) is 0 Å². The summed E-state index contributed by atoms with van der Waals surface area (Å²) in [6.07, 6.45) is -1.04. The first-order chi connectivity index (χ1) is 9.36. The predicted molar refractivity (Wildman–Crippen MR) is 78.0 cm³/mol. The van der Waals surface area contributed by atoms with Gasteiger partial charge in [0.05, 0.1) is 12.0 Å². The highest BCUT2D eigenvalue weighted by Crippen LogP contribution is 2.24. The standard InChI is InChI=1S/C16H25NO2/c1-5-17(6-2)16(19)13(4)15(18)12(3)14-10-8-7-9-11-14/h7-13,15,18H,5-6H2,1-4H3/i13D. The van der Waals surface area contributed by atoms with Crippen LogP contribution >= 0.6 is 0 Å². The number of nitrogens with zero attached hydrogens (tertiary/aromatic N) is 1. The summed E-state index contributed by atoms with van der Waals surface area (Å²) in [5, 5.41) is 10.5. The molecular weight excluding hydrogens is 238 g/mol. The van der Waals surface area contributed by atoms with Crippen molar-refractivity contribution < 1.29 is 11.3 Å². The Balaban J connectivity index is 2.94. The van der Waals surface area contributed by atoms with Crippen LogP contribution in [0.4, 0.5) is 0 Å². The van der Waals surface area contributed by atoms with Crippen molar-refractivity contribution in [3.63, 3.8) is 0 Å². The minimum absolute atomic E-state index is 0.266. The van der Waals surface area contributed by atoms with Gasteiger partial charge in [-0.1, -0.05) is 44.2 Å². The van der Waals surface area contributed by atoms with Crippen LogP contribution in [0.5, 0.6) is 0 Å². The molecule has 0 fully saturated rings. The van der Waals surface area contributed by atoms with Crippen molar-refractivity contribution >= 4 is 5.91 Å². The molecule has 0 radical (unpaired) electrons. The zero-order chi connectivity index (χ0) is 15.3. The molecule has 1 aromatic carbocycles. The fraction of sp³-hybridized carbons (Fsp3) is 0.562. The van der Waals surface area contributed by atoms with E-state index in [1.54, 1.807) is 4.90 Å². The van der Waals surface area contributed by atoms with Gasteiger partial charge in [-0.25, -0.2) is 0 Å². The molecule has 0 bridgehead atoms. The van der Waals surface area contributed by atoms with Gasteiger partial charge in [0.15, 0.2) is 0 Å². The molecule has 3 nitrogen and oxygen atoms in total. The molecule has 0 heterocycles. The second kappa shape index (κ2) is 7.29. The summed E-state index contributed by atoms with van der Waals surface area (Å²) in [5.41, 5.74) is 0.936. The van der Waals surface area contributed by atoms with Gasteiger partial charge < -0.3 is 10.0 Å². The first-order valence-electron chi connectivity index (χ1n) is 7.38. The van der Waals surface area contributed by atoms with Crippen molar-refractivity contribution in [2.75, 3.05) is 13.1 Å². The van der Waals surface area contributed by atoms with Crippen LogP contribution in [0.1, 0.15) is 40.5 Å².